The second kappa shape index (κ2) is 5.65. The first kappa shape index (κ1) is 12.6. The predicted molar refractivity (Wildman–Crippen MR) is 71.3 cm³/mol. The minimum atomic E-state index is 0.213. The average Bonchev–Trinajstić information content (AvgIpc) is 2.52. The van der Waals surface area contributed by atoms with Crippen LogP contribution in [-0.4, -0.2) is 19.2 Å². The van der Waals surface area contributed by atoms with Crippen molar-refractivity contribution in [3.05, 3.63) is 34.9 Å². The van der Waals surface area contributed by atoms with Gasteiger partial charge >= 0.3 is 0 Å². The molecule has 1 aliphatic heterocycles. The Morgan fingerprint density at radius 1 is 1.24 bits per heavy atom. The van der Waals surface area contributed by atoms with Crippen molar-refractivity contribution in [2.24, 2.45) is 0 Å². The van der Waals surface area contributed by atoms with Gasteiger partial charge in [-0.2, -0.15) is 0 Å². The molecule has 94 valence electrons. The summed E-state index contributed by atoms with van der Waals surface area (Å²) in [5.41, 5.74) is 3.95. The van der Waals surface area contributed by atoms with Crippen LogP contribution in [-0.2, 0) is 4.74 Å². The maximum Gasteiger partial charge on any atom is 0.0949 e. The standard InChI is InChI=1S/C15H23NO/c1-4-14-5-6-17-15(10-16-14)13-8-11(2)7-12(3)9-13/h7-9,14-16H,4-6,10H2,1-3H3. The highest BCUT2D eigenvalue weighted by Gasteiger charge is 2.19. The van der Waals surface area contributed by atoms with Crippen LogP contribution in [0.4, 0.5) is 0 Å². The number of hydrogen-bond acceptors (Lipinski definition) is 2. The van der Waals surface area contributed by atoms with Crippen molar-refractivity contribution in [1.82, 2.24) is 5.32 Å². The molecule has 2 unspecified atom stereocenters. The third kappa shape index (κ3) is 3.30. The molecule has 0 spiro atoms. The van der Waals surface area contributed by atoms with Crippen molar-refractivity contribution in [3.8, 4) is 0 Å². The van der Waals surface area contributed by atoms with Gasteiger partial charge < -0.3 is 10.1 Å². The molecular formula is C15H23NO. The summed E-state index contributed by atoms with van der Waals surface area (Å²) in [6.07, 6.45) is 2.52. The monoisotopic (exact) mass is 233 g/mol. The van der Waals surface area contributed by atoms with Gasteiger partial charge in [0, 0.05) is 19.2 Å². The van der Waals surface area contributed by atoms with Gasteiger partial charge in [-0.05, 0) is 32.3 Å². The number of aryl methyl sites for hydroxylation is 2. The van der Waals surface area contributed by atoms with E-state index in [4.69, 9.17) is 4.74 Å². The zero-order chi connectivity index (χ0) is 12.3. The van der Waals surface area contributed by atoms with Gasteiger partial charge in [-0.25, -0.2) is 0 Å². The van der Waals surface area contributed by atoms with Crippen molar-refractivity contribution in [1.29, 1.82) is 0 Å². The van der Waals surface area contributed by atoms with Crippen molar-refractivity contribution >= 4 is 0 Å². The highest BCUT2D eigenvalue weighted by atomic mass is 16.5. The Bertz CT molecular complexity index is 355. The highest BCUT2D eigenvalue weighted by Crippen LogP contribution is 2.22. The van der Waals surface area contributed by atoms with Crippen LogP contribution in [0.3, 0.4) is 0 Å². The molecule has 1 N–H and O–H groups in total. The Balaban J connectivity index is 2.11. The summed E-state index contributed by atoms with van der Waals surface area (Å²) < 4.78 is 5.97. The molecule has 2 heteroatoms. The smallest absolute Gasteiger partial charge is 0.0949 e. The Morgan fingerprint density at radius 2 is 1.94 bits per heavy atom. The first-order valence-electron chi connectivity index (χ1n) is 6.62. The van der Waals surface area contributed by atoms with Crippen LogP contribution in [0.15, 0.2) is 18.2 Å². The van der Waals surface area contributed by atoms with Crippen molar-refractivity contribution in [2.45, 2.75) is 45.8 Å². The van der Waals surface area contributed by atoms with E-state index in [1.165, 1.54) is 23.1 Å². The normalized spacial score (nSPS) is 25.6. The molecule has 0 aliphatic carbocycles. The fourth-order valence-electron chi connectivity index (χ4n) is 2.55. The van der Waals surface area contributed by atoms with E-state index in [-0.39, 0.29) is 6.10 Å². The minimum Gasteiger partial charge on any atom is -0.372 e. The van der Waals surface area contributed by atoms with Crippen LogP contribution in [0, 0.1) is 13.8 Å². The molecular weight excluding hydrogens is 210 g/mol. The van der Waals surface area contributed by atoms with E-state index in [0.717, 1.165) is 19.6 Å². The molecule has 1 fully saturated rings. The lowest BCUT2D eigenvalue weighted by atomic mass is 10.0. The van der Waals surface area contributed by atoms with Gasteiger partial charge in [0.1, 0.15) is 0 Å². The van der Waals surface area contributed by atoms with Gasteiger partial charge in [-0.1, -0.05) is 36.2 Å². The van der Waals surface area contributed by atoms with E-state index in [0.29, 0.717) is 6.04 Å². The number of ether oxygens (including phenoxy) is 1. The molecule has 2 atom stereocenters. The molecule has 2 rings (SSSR count). The molecule has 0 aromatic heterocycles. The number of nitrogens with one attached hydrogen (secondary N) is 1. The minimum absolute atomic E-state index is 0.213. The molecule has 2 nitrogen and oxygen atoms in total. The summed E-state index contributed by atoms with van der Waals surface area (Å²) >= 11 is 0. The lowest BCUT2D eigenvalue weighted by Crippen LogP contribution is -2.29. The molecule has 17 heavy (non-hydrogen) atoms. The van der Waals surface area contributed by atoms with Crippen LogP contribution in [0.2, 0.25) is 0 Å². The zero-order valence-electron chi connectivity index (χ0n) is 11.1. The fourth-order valence-corrected chi connectivity index (χ4v) is 2.55. The van der Waals surface area contributed by atoms with Crippen molar-refractivity contribution < 1.29 is 4.74 Å². The van der Waals surface area contributed by atoms with Crippen molar-refractivity contribution in [2.75, 3.05) is 13.2 Å². The summed E-state index contributed by atoms with van der Waals surface area (Å²) in [5, 5.41) is 3.59. The first-order valence-corrected chi connectivity index (χ1v) is 6.62. The summed E-state index contributed by atoms with van der Waals surface area (Å²) in [7, 11) is 0. The summed E-state index contributed by atoms with van der Waals surface area (Å²) in [5.74, 6) is 0. The van der Waals surface area contributed by atoms with Gasteiger partial charge in [0.15, 0.2) is 0 Å². The third-order valence-electron chi connectivity index (χ3n) is 3.49. The fraction of sp³-hybridized carbons (Fsp3) is 0.600. The van der Waals surface area contributed by atoms with E-state index in [9.17, 15) is 0 Å². The maximum atomic E-state index is 5.97. The van der Waals surface area contributed by atoms with Crippen LogP contribution < -0.4 is 5.32 Å². The molecule has 1 aromatic carbocycles. The quantitative estimate of drug-likeness (QED) is 0.847. The van der Waals surface area contributed by atoms with E-state index < -0.39 is 0 Å². The van der Waals surface area contributed by atoms with Crippen molar-refractivity contribution in [3.63, 3.8) is 0 Å². The van der Waals surface area contributed by atoms with Gasteiger partial charge in [-0.15, -0.1) is 0 Å². The summed E-state index contributed by atoms with van der Waals surface area (Å²) in [4.78, 5) is 0. The topological polar surface area (TPSA) is 21.3 Å². The second-order valence-electron chi connectivity index (χ2n) is 5.08. The molecule has 1 aromatic rings. The largest absolute Gasteiger partial charge is 0.372 e. The molecule has 0 bridgehead atoms. The molecule has 0 amide bonds. The zero-order valence-corrected chi connectivity index (χ0v) is 11.1. The lowest BCUT2D eigenvalue weighted by molar-refractivity contribution is 0.0663. The van der Waals surface area contributed by atoms with E-state index in [1.807, 2.05) is 0 Å². The Labute approximate surface area is 104 Å². The molecule has 1 heterocycles. The first-order chi connectivity index (χ1) is 8.19. The Hall–Kier alpha value is -0.860. The van der Waals surface area contributed by atoms with Gasteiger partial charge in [0.2, 0.25) is 0 Å². The van der Waals surface area contributed by atoms with Crippen LogP contribution in [0.25, 0.3) is 0 Å². The van der Waals surface area contributed by atoms with Gasteiger partial charge in [0.05, 0.1) is 6.10 Å². The predicted octanol–water partition coefficient (Wildman–Crippen LogP) is 3.13. The molecule has 1 aliphatic rings. The third-order valence-corrected chi connectivity index (χ3v) is 3.49. The number of hydrogen-bond donors (Lipinski definition) is 1. The highest BCUT2D eigenvalue weighted by molar-refractivity contribution is 5.30. The van der Waals surface area contributed by atoms with Crippen LogP contribution >= 0.6 is 0 Å². The van der Waals surface area contributed by atoms with E-state index in [1.54, 1.807) is 0 Å². The second-order valence-corrected chi connectivity index (χ2v) is 5.08. The number of rotatable bonds is 2. The molecule has 1 saturated heterocycles. The Kier molecular flexibility index (Phi) is 4.19. The SMILES string of the molecule is CCC1CCOC(c2cc(C)cc(C)c2)CN1. The van der Waals surface area contributed by atoms with Crippen LogP contribution in [0.1, 0.15) is 42.6 Å². The maximum absolute atomic E-state index is 5.97. The number of benzene rings is 1. The van der Waals surface area contributed by atoms with E-state index >= 15 is 0 Å². The average molecular weight is 233 g/mol. The van der Waals surface area contributed by atoms with Gasteiger partial charge in [-0.3, -0.25) is 0 Å². The molecule has 0 radical (unpaired) electrons. The van der Waals surface area contributed by atoms with Crippen LogP contribution in [0.5, 0.6) is 0 Å². The summed E-state index contributed by atoms with van der Waals surface area (Å²) in [6, 6.07) is 7.31. The lowest BCUT2D eigenvalue weighted by Gasteiger charge is -2.17. The molecule has 0 saturated carbocycles. The Morgan fingerprint density at radius 3 is 2.59 bits per heavy atom. The summed E-state index contributed by atoms with van der Waals surface area (Å²) in [6.45, 7) is 8.32. The van der Waals surface area contributed by atoms with E-state index in [2.05, 4.69) is 44.3 Å². The van der Waals surface area contributed by atoms with Gasteiger partial charge in [0.25, 0.3) is 0 Å².